The first-order valence-corrected chi connectivity index (χ1v) is 3.20. The van der Waals surface area contributed by atoms with E-state index in [1.54, 1.807) is 12.2 Å². The Labute approximate surface area is 99.2 Å². The molecule has 5 heteroatoms. The molecule has 0 heterocycles. The third-order valence-corrected chi connectivity index (χ3v) is 0.542. The van der Waals surface area contributed by atoms with Crippen LogP contribution in [0.3, 0.4) is 0 Å². The van der Waals surface area contributed by atoms with Crippen LogP contribution in [-0.2, 0) is 9.59 Å². The largest absolute Gasteiger partial charge is 1.00 e. The van der Waals surface area contributed by atoms with E-state index >= 15 is 0 Å². The normalized spacial score (nSPS) is 8.77. The standard InChI is InChI=1S/C6H8O2.C2H4O2.Na/c1-2-3-4-5-6(7)8;1-2(3)4;/h2-5H,1H3,(H,7,8);1H3,(H,3,4);/q;;+1/p-1/b3-2+,5-4+;;. The Morgan fingerprint density at radius 1 is 1.31 bits per heavy atom. The van der Waals surface area contributed by atoms with Gasteiger partial charge in [0.05, 0.1) is 0 Å². The van der Waals surface area contributed by atoms with Crippen LogP contribution in [0.15, 0.2) is 24.3 Å². The van der Waals surface area contributed by atoms with Crippen LogP contribution in [0, 0.1) is 0 Å². The van der Waals surface area contributed by atoms with E-state index in [2.05, 4.69) is 0 Å². The van der Waals surface area contributed by atoms with Crippen molar-refractivity contribution in [2.24, 2.45) is 0 Å². The first-order chi connectivity index (χ1) is 5.50. The van der Waals surface area contributed by atoms with Gasteiger partial charge in [0.15, 0.2) is 0 Å². The molecule has 13 heavy (non-hydrogen) atoms. The molecule has 0 aromatic heterocycles. The molecule has 0 radical (unpaired) electrons. The molecule has 0 saturated heterocycles. The van der Waals surface area contributed by atoms with Crippen LogP contribution in [-0.4, -0.2) is 17.0 Å². The Balaban J connectivity index is -0.000000173. The molecule has 0 saturated carbocycles. The monoisotopic (exact) mass is 194 g/mol. The van der Waals surface area contributed by atoms with Crippen LogP contribution in [0.5, 0.6) is 0 Å². The van der Waals surface area contributed by atoms with E-state index in [0.29, 0.717) is 0 Å². The molecule has 0 atom stereocenters. The molecule has 0 spiro atoms. The van der Waals surface area contributed by atoms with Crippen molar-refractivity contribution in [3.63, 3.8) is 0 Å². The van der Waals surface area contributed by atoms with Gasteiger partial charge in [-0.2, -0.15) is 0 Å². The fraction of sp³-hybridized carbons (Fsp3) is 0.250. The van der Waals surface area contributed by atoms with Gasteiger partial charge in [0, 0.05) is 12.0 Å². The number of allylic oxidation sites excluding steroid dienone is 3. The van der Waals surface area contributed by atoms with Gasteiger partial charge in [-0.15, -0.1) is 0 Å². The zero-order chi connectivity index (χ0) is 9.98. The number of carboxylic acids is 2. The molecule has 0 aliphatic heterocycles. The summed E-state index contributed by atoms with van der Waals surface area (Å²) >= 11 is 0. The minimum absolute atomic E-state index is 0. The SMILES string of the molecule is C/C=C/C=C/C(=O)O.CC(=O)[O-].[Na+]. The summed E-state index contributed by atoms with van der Waals surface area (Å²) in [5.41, 5.74) is 0. The zero-order valence-corrected chi connectivity index (χ0v) is 9.98. The Hall–Kier alpha value is -0.580. The molecule has 0 rings (SSSR count). The third-order valence-electron chi connectivity index (χ3n) is 0.542. The molecule has 0 unspecified atom stereocenters. The Morgan fingerprint density at radius 3 is 1.92 bits per heavy atom. The van der Waals surface area contributed by atoms with Crippen molar-refractivity contribution in [2.75, 3.05) is 0 Å². The van der Waals surface area contributed by atoms with Gasteiger partial charge in [0.2, 0.25) is 0 Å². The van der Waals surface area contributed by atoms with Gasteiger partial charge in [-0.05, 0) is 13.8 Å². The van der Waals surface area contributed by atoms with E-state index < -0.39 is 11.9 Å². The van der Waals surface area contributed by atoms with Crippen LogP contribution < -0.4 is 34.7 Å². The van der Waals surface area contributed by atoms with Gasteiger partial charge >= 0.3 is 35.5 Å². The van der Waals surface area contributed by atoms with Gasteiger partial charge in [-0.1, -0.05) is 18.2 Å². The van der Waals surface area contributed by atoms with Crippen LogP contribution >= 0.6 is 0 Å². The molecular weight excluding hydrogens is 183 g/mol. The fourth-order valence-electron chi connectivity index (χ4n) is 0.249. The number of carboxylic acid groups (broad SMARTS) is 2. The minimum atomic E-state index is -1.08. The summed E-state index contributed by atoms with van der Waals surface area (Å²) in [6, 6.07) is 0. The second-order valence-corrected chi connectivity index (χ2v) is 1.71. The molecule has 0 aliphatic carbocycles. The Bertz CT molecular complexity index is 192. The zero-order valence-electron chi connectivity index (χ0n) is 7.98. The average Bonchev–Trinajstić information content (AvgIpc) is 1.86. The summed E-state index contributed by atoms with van der Waals surface area (Å²) in [6.07, 6.45) is 5.98. The van der Waals surface area contributed by atoms with Crippen LogP contribution in [0.2, 0.25) is 0 Å². The quantitative estimate of drug-likeness (QED) is 0.288. The van der Waals surface area contributed by atoms with E-state index in [1.165, 1.54) is 6.08 Å². The van der Waals surface area contributed by atoms with Gasteiger partial charge in [-0.3, -0.25) is 0 Å². The van der Waals surface area contributed by atoms with Crippen LogP contribution in [0.1, 0.15) is 13.8 Å². The van der Waals surface area contributed by atoms with Gasteiger partial charge in [-0.25, -0.2) is 4.79 Å². The van der Waals surface area contributed by atoms with Crippen molar-refractivity contribution >= 4 is 11.9 Å². The third kappa shape index (κ3) is 51.9. The summed E-state index contributed by atoms with van der Waals surface area (Å²) in [5, 5.41) is 16.9. The van der Waals surface area contributed by atoms with Gasteiger partial charge in [0.1, 0.15) is 0 Å². The second-order valence-electron chi connectivity index (χ2n) is 1.71. The summed E-state index contributed by atoms with van der Waals surface area (Å²) < 4.78 is 0. The maximum Gasteiger partial charge on any atom is 1.00 e. The van der Waals surface area contributed by atoms with Crippen molar-refractivity contribution in [1.29, 1.82) is 0 Å². The van der Waals surface area contributed by atoms with Crippen molar-refractivity contribution in [2.45, 2.75) is 13.8 Å². The number of aliphatic carboxylic acids is 2. The van der Waals surface area contributed by atoms with Crippen LogP contribution in [0.4, 0.5) is 0 Å². The number of carbonyl (C=O) groups excluding carboxylic acids is 1. The molecular formula is C8H11NaO4. The molecule has 1 N–H and O–H groups in total. The Morgan fingerprint density at radius 2 is 1.69 bits per heavy atom. The fourth-order valence-corrected chi connectivity index (χ4v) is 0.249. The first-order valence-electron chi connectivity index (χ1n) is 3.20. The van der Waals surface area contributed by atoms with Crippen molar-refractivity contribution in [1.82, 2.24) is 0 Å². The number of hydrogen-bond donors (Lipinski definition) is 1. The molecule has 68 valence electrons. The van der Waals surface area contributed by atoms with Gasteiger partial charge < -0.3 is 15.0 Å². The van der Waals surface area contributed by atoms with E-state index in [-0.39, 0.29) is 29.6 Å². The Kier molecular flexibility index (Phi) is 19.6. The maximum absolute atomic E-state index is 9.75. The van der Waals surface area contributed by atoms with Crippen LogP contribution in [0.25, 0.3) is 0 Å². The smallest absolute Gasteiger partial charge is 0.550 e. The average molecular weight is 194 g/mol. The number of carbonyl (C=O) groups is 2. The number of rotatable bonds is 2. The summed E-state index contributed by atoms with van der Waals surface area (Å²) in [7, 11) is 0. The second kappa shape index (κ2) is 14.0. The summed E-state index contributed by atoms with van der Waals surface area (Å²) in [4.78, 5) is 18.6. The van der Waals surface area contributed by atoms with Gasteiger partial charge in [0.25, 0.3) is 0 Å². The molecule has 0 aromatic carbocycles. The molecule has 0 bridgehead atoms. The molecule has 0 aromatic rings. The van der Waals surface area contributed by atoms with E-state index in [4.69, 9.17) is 15.0 Å². The van der Waals surface area contributed by atoms with Crippen molar-refractivity contribution in [3.8, 4) is 0 Å². The molecule has 4 nitrogen and oxygen atoms in total. The predicted octanol–water partition coefficient (Wildman–Crippen LogP) is -3.04. The molecule has 0 fully saturated rings. The maximum atomic E-state index is 9.75. The van der Waals surface area contributed by atoms with E-state index in [0.717, 1.165) is 13.0 Å². The van der Waals surface area contributed by atoms with E-state index in [1.807, 2.05) is 6.92 Å². The molecule has 0 aliphatic rings. The van der Waals surface area contributed by atoms with Crippen molar-refractivity contribution in [3.05, 3.63) is 24.3 Å². The first kappa shape index (κ1) is 18.3. The topological polar surface area (TPSA) is 77.4 Å². The summed E-state index contributed by atoms with van der Waals surface area (Å²) in [6.45, 7) is 2.80. The predicted molar refractivity (Wildman–Crippen MR) is 42.3 cm³/mol. The summed E-state index contributed by atoms with van der Waals surface area (Å²) in [5.74, 6) is -2.00. The molecule has 0 amide bonds. The van der Waals surface area contributed by atoms with E-state index in [9.17, 15) is 4.79 Å². The number of hydrogen-bond acceptors (Lipinski definition) is 3. The minimum Gasteiger partial charge on any atom is -0.550 e. The van der Waals surface area contributed by atoms with Crippen molar-refractivity contribution < 1.29 is 49.4 Å².